The normalized spacial score (nSPS) is 18.4. The van der Waals surface area contributed by atoms with Gasteiger partial charge in [0.15, 0.2) is 0 Å². The molecule has 1 aliphatic heterocycles. The van der Waals surface area contributed by atoms with E-state index in [1.54, 1.807) is 4.90 Å². The Morgan fingerprint density at radius 1 is 1.48 bits per heavy atom. The summed E-state index contributed by atoms with van der Waals surface area (Å²) in [7, 11) is 0. The van der Waals surface area contributed by atoms with Crippen molar-refractivity contribution in [3.8, 4) is 0 Å². The highest BCUT2D eigenvalue weighted by atomic mass is 79.9. The molecule has 1 aliphatic rings. The Labute approximate surface area is 131 Å². The van der Waals surface area contributed by atoms with Gasteiger partial charge in [0, 0.05) is 24.0 Å². The molecule has 1 N–H and O–H groups in total. The van der Waals surface area contributed by atoms with Crippen molar-refractivity contribution in [1.29, 1.82) is 0 Å². The first-order valence-corrected chi connectivity index (χ1v) is 7.84. The molecule has 1 saturated heterocycles. The Balaban J connectivity index is 2.01. The van der Waals surface area contributed by atoms with Gasteiger partial charge in [0.05, 0.1) is 11.6 Å². The number of likely N-dealkylation sites (tertiary alicyclic amines) is 1. The number of amides is 2. The lowest BCUT2D eigenvalue weighted by molar-refractivity contribution is -0.134. The fourth-order valence-corrected chi connectivity index (χ4v) is 2.92. The molecule has 21 heavy (non-hydrogen) atoms. The van der Waals surface area contributed by atoms with Crippen molar-refractivity contribution in [2.45, 2.75) is 26.2 Å². The second-order valence-corrected chi connectivity index (χ2v) is 6.00. The summed E-state index contributed by atoms with van der Waals surface area (Å²) in [5.41, 5.74) is 0.542. The molecule has 0 saturated carbocycles. The predicted molar refractivity (Wildman–Crippen MR) is 82.3 cm³/mol. The van der Waals surface area contributed by atoms with E-state index in [0.29, 0.717) is 23.1 Å². The van der Waals surface area contributed by atoms with E-state index in [1.807, 2.05) is 6.92 Å². The zero-order valence-electron chi connectivity index (χ0n) is 11.9. The lowest BCUT2D eigenvalue weighted by Gasteiger charge is -2.32. The highest BCUT2D eigenvalue weighted by Crippen LogP contribution is 2.25. The third-order valence-electron chi connectivity index (χ3n) is 3.64. The minimum Gasteiger partial charge on any atom is -0.342 e. The van der Waals surface area contributed by atoms with E-state index in [-0.39, 0.29) is 23.5 Å². The van der Waals surface area contributed by atoms with Gasteiger partial charge >= 0.3 is 0 Å². The quantitative estimate of drug-likeness (QED) is 0.903. The number of carbonyl (C=O) groups is 2. The molecule has 1 fully saturated rings. The zero-order valence-corrected chi connectivity index (χ0v) is 13.5. The van der Waals surface area contributed by atoms with Crippen LogP contribution >= 0.6 is 15.9 Å². The van der Waals surface area contributed by atoms with Crippen molar-refractivity contribution in [3.63, 3.8) is 0 Å². The summed E-state index contributed by atoms with van der Waals surface area (Å²) in [6.07, 6.45) is 2.05. The lowest BCUT2D eigenvalue weighted by atomic mass is 9.96. The van der Waals surface area contributed by atoms with Crippen LogP contribution in [0.2, 0.25) is 0 Å². The molecule has 0 radical (unpaired) electrons. The first kappa shape index (κ1) is 15.9. The van der Waals surface area contributed by atoms with Gasteiger partial charge in [0.1, 0.15) is 5.82 Å². The maximum absolute atomic E-state index is 13.0. The molecule has 0 aromatic heterocycles. The molecule has 6 heteroatoms. The Bertz CT molecular complexity index is 550. The maximum Gasteiger partial charge on any atom is 0.229 e. The van der Waals surface area contributed by atoms with Crippen LogP contribution in [0.3, 0.4) is 0 Å². The van der Waals surface area contributed by atoms with E-state index in [0.717, 1.165) is 19.4 Å². The summed E-state index contributed by atoms with van der Waals surface area (Å²) < 4.78 is 13.5. The van der Waals surface area contributed by atoms with Gasteiger partial charge in [-0.2, -0.15) is 0 Å². The average molecular weight is 357 g/mol. The fourth-order valence-electron chi connectivity index (χ4n) is 2.47. The summed E-state index contributed by atoms with van der Waals surface area (Å²) in [5, 5.41) is 2.79. The fraction of sp³-hybridized carbons (Fsp3) is 0.467. The Morgan fingerprint density at radius 3 is 2.90 bits per heavy atom. The Kier molecular flexibility index (Phi) is 5.33. The van der Waals surface area contributed by atoms with Crippen LogP contribution in [0.25, 0.3) is 0 Å². The number of anilines is 1. The molecule has 4 nitrogen and oxygen atoms in total. The topological polar surface area (TPSA) is 49.4 Å². The van der Waals surface area contributed by atoms with Gasteiger partial charge in [0.2, 0.25) is 11.8 Å². The van der Waals surface area contributed by atoms with Crippen LogP contribution in [0.4, 0.5) is 10.1 Å². The van der Waals surface area contributed by atoms with Gasteiger partial charge in [0.25, 0.3) is 0 Å². The van der Waals surface area contributed by atoms with Crippen LogP contribution < -0.4 is 5.32 Å². The van der Waals surface area contributed by atoms with E-state index in [1.165, 1.54) is 18.2 Å². The van der Waals surface area contributed by atoms with Gasteiger partial charge < -0.3 is 10.2 Å². The van der Waals surface area contributed by atoms with Crippen molar-refractivity contribution in [2.24, 2.45) is 5.92 Å². The second-order valence-electron chi connectivity index (χ2n) is 5.15. The van der Waals surface area contributed by atoms with E-state index in [4.69, 9.17) is 0 Å². The van der Waals surface area contributed by atoms with Gasteiger partial charge in [-0.3, -0.25) is 9.59 Å². The summed E-state index contributed by atoms with van der Waals surface area (Å²) in [5.74, 6) is -0.630. The molecule has 114 valence electrons. The Morgan fingerprint density at radius 2 is 2.24 bits per heavy atom. The number of carbonyl (C=O) groups excluding carboxylic acids is 2. The lowest BCUT2D eigenvalue weighted by Crippen LogP contribution is -2.43. The minimum absolute atomic E-state index is 0.0791. The predicted octanol–water partition coefficient (Wildman–Crippen LogP) is 3.18. The van der Waals surface area contributed by atoms with Gasteiger partial charge in [-0.25, -0.2) is 4.39 Å². The first-order chi connectivity index (χ1) is 10.0. The van der Waals surface area contributed by atoms with Crippen LogP contribution in [-0.4, -0.2) is 29.8 Å². The molecule has 0 aliphatic carbocycles. The van der Waals surface area contributed by atoms with E-state index >= 15 is 0 Å². The molecular formula is C15H18BrFN2O2. The summed E-state index contributed by atoms with van der Waals surface area (Å²) in [6.45, 7) is 3.00. The summed E-state index contributed by atoms with van der Waals surface area (Å²) in [4.78, 5) is 25.8. The molecule has 0 spiro atoms. The maximum atomic E-state index is 13.0. The summed E-state index contributed by atoms with van der Waals surface area (Å²) >= 11 is 3.23. The standard InChI is InChI=1S/C15H18BrFN2O2/c1-2-14(20)19-7-3-4-10(9-19)15(21)18-13-6-5-11(17)8-12(13)16/h5-6,8,10H,2-4,7,9H2,1H3,(H,18,21). The van der Waals surface area contributed by atoms with Crippen LogP contribution in [0.15, 0.2) is 22.7 Å². The number of piperidine rings is 1. The zero-order chi connectivity index (χ0) is 15.4. The van der Waals surface area contributed by atoms with E-state index in [9.17, 15) is 14.0 Å². The minimum atomic E-state index is -0.364. The van der Waals surface area contributed by atoms with Crippen LogP contribution in [0, 0.1) is 11.7 Å². The highest BCUT2D eigenvalue weighted by Gasteiger charge is 2.28. The smallest absolute Gasteiger partial charge is 0.229 e. The van der Waals surface area contributed by atoms with Crippen LogP contribution in [-0.2, 0) is 9.59 Å². The molecule has 1 unspecified atom stereocenters. The van der Waals surface area contributed by atoms with Gasteiger partial charge in [-0.15, -0.1) is 0 Å². The number of rotatable bonds is 3. The number of halogens is 2. The monoisotopic (exact) mass is 356 g/mol. The van der Waals surface area contributed by atoms with E-state index < -0.39 is 0 Å². The van der Waals surface area contributed by atoms with Crippen molar-refractivity contribution in [3.05, 3.63) is 28.5 Å². The SMILES string of the molecule is CCC(=O)N1CCCC(C(=O)Nc2ccc(F)cc2Br)C1. The van der Waals surface area contributed by atoms with Gasteiger partial charge in [-0.05, 0) is 47.0 Å². The van der Waals surface area contributed by atoms with Crippen molar-refractivity contribution in [1.82, 2.24) is 4.90 Å². The first-order valence-electron chi connectivity index (χ1n) is 7.05. The number of benzene rings is 1. The number of hydrogen-bond acceptors (Lipinski definition) is 2. The molecule has 1 aromatic carbocycles. The largest absolute Gasteiger partial charge is 0.342 e. The van der Waals surface area contributed by atoms with Crippen molar-refractivity contribution < 1.29 is 14.0 Å². The van der Waals surface area contributed by atoms with Gasteiger partial charge in [-0.1, -0.05) is 6.92 Å². The van der Waals surface area contributed by atoms with Crippen LogP contribution in [0.1, 0.15) is 26.2 Å². The molecule has 2 amide bonds. The second kappa shape index (κ2) is 7.02. The molecule has 0 bridgehead atoms. The number of nitrogens with zero attached hydrogens (tertiary/aromatic N) is 1. The average Bonchev–Trinajstić information content (AvgIpc) is 2.49. The third-order valence-corrected chi connectivity index (χ3v) is 4.29. The van der Waals surface area contributed by atoms with Crippen molar-refractivity contribution >= 4 is 33.4 Å². The molecule has 1 atom stereocenters. The molecule has 2 rings (SSSR count). The highest BCUT2D eigenvalue weighted by molar-refractivity contribution is 9.10. The van der Waals surface area contributed by atoms with Crippen molar-refractivity contribution in [2.75, 3.05) is 18.4 Å². The summed E-state index contributed by atoms with van der Waals surface area (Å²) in [6, 6.07) is 4.13. The molecule has 1 aromatic rings. The number of hydrogen-bond donors (Lipinski definition) is 1. The molecular weight excluding hydrogens is 339 g/mol. The van der Waals surface area contributed by atoms with E-state index in [2.05, 4.69) is 21.2 Å². The molecule has 1 heterocycles. The number of nitrogens with one attached hydrogen (secondary N) is 1. The van der Waals surface area contributed by atoms with Crippen LogP contribution in [0.5, 0.6) is 0 Å². The third kappa shape index (κ3) is 4.03. The Hall–Kier alpha value is -1.43.